The van der Waals surface area contributed by atoms with Gasteiger partial charge in [-0.1, -0.05) is 6.07 Å². The number of hydrogen-bond acceptors (Lipinski definition) is 5. The first-order valence-electron chi connectivity index (χ1n) is 9.18. The van der Waals surface area contributed by atoms with Crippen LogP contribution in [0.25, 0.3) is 0 Å². The molecule has 2 aliphatic heterocycles. The van der Waals surface area contributed by atoms with Gasteiger partial charge >= 0.3 is 0 Å². The van der Waals surface area contributed by atoms with Crippen molar-refractivity contribution in [1.29, 1.82) is 0 Å². The molecule has 2 aromatic rings. The van der Waals surface area contributed by atoms with Crippen LogP contribution in [0.4, 0.5) is 0 Å². The highest BCUT2D eigenvalue weighted by Crippen LogP contribution is 2.30. The second kappa shape index (κ2) is 7.64. The average Bonchev–Trinajstić information content (AvgIpc) is 3.08. The van der Waals surface area contributed by atoms with E-state index in [0.29, 0.717) is 25.3 Å². The Hall–Kier alpha value is -1.76. The van der Waals surface area contributed by atoms with Crippen molar-refractivity contribution in [2.24, 2.45) is 0 Å². The Bertz CT molecular complexity index is 682. The molecule has 0 unspecified atom stereocenters. The van der Waals surface area contributed by atoms with Crippen LogP contribution in [-0.2, 0) is 29.2 Å². The quantitative estimate of drug-likeness (QED) is 0.836. The molecule has 134 valence electrons. The standard InChI is InChI=1S/C19H26N4O2/c1-15-19-21-12-18(14-25-13-16-4-2-3-7-20-16)23(19)9-8-22(15)17-5-10-24-11-6-17/h2-4,7,12,15,17H,5-6,8-11,13-14H2,1H3/t15-/m0/s1. The first kappa shape index (κ1) is 16.7. The van der Waals surface area contributed by atoms with Crippen LogP contribution in [0.2, 0.25) is 0 Å². The highest BCUT2D eigenvalue weighted by atomic mass is 16.5. The first-order valence-corrected chi connectivity index (χ1v) is 9.18. The van der Waals surface area contributed by atoms with Crippen LogP contribution in [0.15, 0.2) is 30.6 Å². The van der Waals surface area contributed by atoms with Crippen LogP contribution >= 0.6 is 0 Å². The fraction of sp³-hybridized carbons (Fsp3) is 0.579. The highest BCUT2D eigenvalue weighted by Gasteiger charge is 2.32. The SMILES string of the molecule is C[C@H]1c2ncc(COCc3ccccn3)n2CCN1C1CCOCC1. The number of nitrogens with zero attached hydrogens (tertiary/aromatic N) is 4. The summed E-state index contributed by atoms with van der Waals surface area (Å²) in [6, 6.07) is 6.86. The molecular weight excluding hydrogens is 316 g/mol. The van der Waals surface area contributed by atoms with Gasteiger partial charge in [0.2, 0.25) is 0 Å². The van der Waals surface area contributed by atoms with Gasteiger partial charge in [-0.05, 0) is 31.9 Å². The van der Waals surface area contributed by atoms with Crippen LogP contribution in [0.3, 0.4) is 0 Å². The van der Waals surface area contributed by atoms with E-state index in [9.17, 15) is 0 Å². The minimum absolute atomic E-state index is 0.349. The minimum Gasteiger partial charge on any atom is -0.381 e. The molecule has 4 rings (SSSR count). The summed E-state index contributed by atoms with van der Waals surface area (Å²) in [5.41, 5.74) is 2.12. The summed E-state index contributed by atoms with van der Waals surface area (Å²) >= 11 is 0. The molecule has 0 N–H and O–H groups in total. The zero-order valence-electron chi connectivity index (χ0n) is 14.8. The molecule has 0 radical (unpaired) electrons. The smallest absolute Gasteiger partial charge is 0.126 e. The molecule has 6 nitrogen and oxygen atoms in total. The maximum absolute atomic E-state index is 5.86. The summed E-state index contributed by atoms with van der Waals surface area (Å²) in [7, 11) is 0. The van der Waals surface area contributed by atoms with E-state index >= 15 is 0 Å². The van der Waals surface area contributed by atoms with Crippen molar-refractivity contribution in [2.45, 2.75) is 51.6 Å². The Morgan fingerprint density at radius 1 is 1.16 bits per heavy atom. The van der Waals surface area contributed by atoms with E-state index in [1.165, 1.54) is 0 Å². The first-order chi connectivity index (χ1) is 12.3. The van der Waals surface area contributed by atoms with Crippen molar-refractivity contribution in [3.05, 3.63) is 47.8 Å². The second-order valence-electron chi connectivity index (χ2n) is 6.83. The summed E-state index contributed by atoms with van der Waals surface area (Å²) in [5, 5.41) is 0. The zero-order valence-corrected chi connectivity index (χ0v) is 14.8. The molecule has 0 aliphatic carbocycles. The molecule has 2 aliphatic rings. The minimum atomic E-state index is 0.349. The number of imidazole rings is 1. The lowest BCUT2D eigenvalue weighted by Gasteiger charge is -2.41. The van der Waals surface area contributed by atoms with E-state index in [1.54, 1.807) is 6.20 Å². The van der Waals surface area contributed by atoms with E-state index in [4.69, 9.17) is 14.5 Å². The predicted molar refractivity (Wildman–Crippen MR) is 93.9 cm³/mol. The van der Waals surface area contributed by atoms with Gasteiger partial charge in [0, 0.05) is 38.5 Å². The largest absolute Gasteiger partial charge is 0.381 e. The molecule has 6 heteroatoms. The molecular formula is C19H26N4O2. The molecule has 0 spiro atoms. The maximum atomic E-state index is 5.86. The van der Waals surface area contributed by atoms with E-state index in [1.807, 2.05) is 24.4 Å². The van der Waals surface area contributed by atoms with Gasteiger partial charge in [0.25, 0.3) is 0 Å². The van der Waals surface area contributed by atoms with Gasteiger partial charge in [-0.15, -0.1) is 0 Å². The van der Waals surface area contributed by atoms with E-state index in [-0.39, 0.29) is 0 Å². The molecule has 0 saturated carbocycles. The van der Waals surface area contributed by atoms with E-state index < -0.39 is 0 Å². The molecule has 4 heterocycles. The summed E-state index contributed by atoms with van der Waals surface area (Å²) < 4.78 is 13.7. The lowest BCUT2D eigenvalue weighted by molar-refractivity contribution is 0.00799. The third-order valence-electron chi connectivity index (χ3n) is 5.31. The van der Waals surface area contributed by atoms with Gasteiger partial charge in [0.05, 0.1) is 36.8 Å². The fourth-order valence-corrected chi connectivity index (χ4v) is 3.95. The van der Waals surface area contributed by atoms with Crippen molar-refractivity contribution in [3.63, 3.8) is 0 Å². The van der Waals surface area contributed by atoms with Gasteiger partial charge in [-0.3, -0.25) is 9.88 Å². The number of fused-ring (bicyclic) bond motifs is 1. The molecule has 0 bridgehead atoms. The van der Waals surface area contributed by atoms with Crippen molar-refractivity contribution >= 4 is 0 Å². The third-order valence-corrected chi connectivity index (χ3v) is 5.31. The topological polar surface area (TPSA) is 52.4 Å². The summed E-state index contributed by atoms with van der Waals surface area (Å²) in [6.45, 7) is 7.20. The predicted octanol–water partition coefficient (Wildman–Crippen LogP) is 2.55. The average molecular weight is 342 g/mol. The number of pyridine rings is 1. The van der Waals surface area contributed by atoms with Crippen LogP contribution in [0.5, 0.6) is 0 Å². The molecule has 0 amide bonds. The van der Waals surface area contributed by atoms with Crippen molar-refractivity contribution in [3.8, 4) is 0 Å². The van der Waals surface area contributed by atoms with Crippen molar-refractivity contribution in [2.75, 3.05) is 19.8 Å². The third kappa shape index (κ3) is 3.61. The Morgan fingerprint density at radius 3 is 2.84 bits per heavy atom. The van der Waals surface area contributed by atoms with E-state index in [0.717, 1.165) is 56.4 Å². The van der Waals surface area contributed by atoms with Crippen molar-refractivity contribution < 1.29 is 9.47 Å². The number of hydrogen-bond donors (Lipinski definition) is 0. The zero-order chi connectivity index (χ0) is 17.1. The second-order valence-corrected chi connectivity index (χ2v) is 6.83. The summed E-state index contributed by atoms with van der Waals surface area (Å²) in [6.07, 6.45) is 6.03. The fourth-order valence-electron chi connectivity index (χ4n) is 3.95. The lowest BCUT2D eigenvalue weighted by atomic mass is 10.0. The van der Waals surface area contributed by atoms with Gasteiger partial charge in [0.15, 0.2) is 0 Å². The van der Waals surface area contributed by atoms with Gasteiger partial charge in [-0.2, -0.15) is 0 Å². The highest BCUT2D eigenvalue weighted by molar-refractivity contribution is 5.11. The Kier molecular flexibility index (Phi) is 5.10. The number of rotatable bonds is 5. The Balaban J connectivity index is 1.39. The van der Waals surface area contributed by atoms with Gasteiger partial charge < -0.3 is 14.0 Å². The summed E-state index contributed by atoms with van der Waals surface area (Å²) in [5.74, 6) is 1.16. The summed E-state index contributed by atoms with van der Waals surface area (Å²) in [4.78, 5) is 11.6. The van der Waals surface area contributed by atoms with Crippen LogP contribution < -0.4 is 0 Å². The molecule has 1 atom stereocenters. The van der Waals surface area contributed by atoms with Crippen LogP contribution in [-0.4, -0.2) is 45.2 Å². The lowest BCUT2D eigenvalue weighted by Crippen LogP contribution is -2.46. The van der Waals surface area contributed by atoms with E-state index in [2.05, 4.69) is 21.4 Å². The van der Waals surface area contributed by atoms with Gasteiger partial charge in [0.1, 0.15) is 5.82 Å². The molecule has 1 saturated heterocycles. The monoisotopic (exact) mass is 342 g/mol. The molecule has 25 heavy (non-hydrogen) atoms. The Morgan fingerprint density at radius 2 is 2.04 bits per heavy atom. The molecule has 2 aromatic heterocycles. The normalized spacial score (nSPS) is 22.0. The number of ether oxygens (including phenoxy) is 2. The maximum Gasteiger partial charge on any atom is 0.126 e. The molecule has 1 fully saturated rings. The Labute approximate surface area is 148 Å². The molecule has 0 aromatic carbocycles. The van der Waals surface area contributed by atoms with Crippen molar-refractivity contribution in [1.82, 2.24) is 19.4 Å². The van der Waals surface area contributed by atoms with Crippen LogP contribution in [0.1, 0.15) is 43.0 Å². The number of aromatic nitrogens is 3. The van der Waals surface area contributed by atoms with Crippen LogP contribution in [0, 0.1) is 0 Å². The van der Waals surface area contributed by atoms with Gasteiger partial charge in [-0.25, -0.2) is 4.98 Å².